The van der Waals surface area contributed by atoms with Gasteiger partial charge < -0.3 is 4.90 Å². The molecule has 98 valence electrons. The van der Waals surface area contributed by atoms with E-state index in [9.17, 15) is 13.6 Å². The highest BCUT2D eigenvalue weighted by atomic mass is 79.9. The zero-order valence-corrected chi connectivity index (χ0v) is 11.6. The molecule has 1 amide bonds. The average molecular weight is 318 g/mol. The van der Waals surface area contributed by atoms with Gasteiger partial charge in [-0.2, -0.15) is 0 Å². The summed E-state index contributed by atoms with van der Waals surface area (Å²) in [6.45, 7) is 2.65. The quantitative estimate of drug-likeness (QED) is 0.722. The minimum atomic E-state index is -0.994. The highest BCUT2D eigenvalue weighted by molar-refractivity contribution is 9.10. The standard InChI is InChI=1S/C13H14BrF2NO/c1-8-4-2-3-5-17(8)13(18)9-6-11(15)12(16)7-10(9)14/h6-8H,2-5H2,1H3. The number of carbonyl (C=O) groups is 1. The first-order chi connectivity index (χ1) is 8.50. The van der Waals surface area contributed by atoms with Gasteiger partial charge in [0.2, 0.25) is 0 Å². The fourth-order valence-electron chi connectivity index (χ4n) is 2.24. The van der Waals surface area contributed by atoms with Gasteiger partial charge in [-0.25, -0.2) is 8.78 Å². The summed E-state index contributed by atoms with van der Waals surface area (Å²) in [7, 11) is 0. The van der Waals surface area contributed by atoms with Crippen LogP contribution in [-0.2, 0) is 0 Å². The van der Waals surface area contributed by atoms with Crippen LogP contribution in [0.3, 0.4) is 0 Å². The summed E-state index contributed by atoms with van der Waals surface area (Å²) in [4.78, 5) is 14.0. The smallest absolute Gasteiger partial charge is 0.255 e. The molecule has 1 fully saturated rings. The maximum Gasteiger partial charge on any atom is 0.255 e. The van der Waals surface area contributed by atoms with Crippen molar-refractivity contribution in [3.05, 3.63) is 33.8 Å². The predicted molar refractivity (Wildman–Crippen MR) is 68.4 cm³/mol. The van der Waals surface area contributed by atoms with Crippen LogP contribution in [0, 0.1) is 11.6 Å². The third-order valence-electron chi connectivity index (χ3n) is 3.30. The topological polar surface area (TPSA) is 20.3 Å². The van der Waals surface area contributed by atoms with E-state index in [0.717, 1.165) is 31.4 Å². The molecule has 0 bridgehead atoms. The highest BCUT2D eigenvalue weighted by Crippen LogP contribution is 2.25. The minimum absolute atomic E-state index is 0.145. The van der Waals surface area contributed by atoms with Crippen LogP contribution in [0.25, 0.3) is 0 Å². The van der Waals surface area contributed by atoms with Crippen LogP contribution in [0.1, 0.15) is 36.5 Å². The van der Waals surface area contributed by atoms with Crippen molar-refractivity contribution in [3.8, 4) is 0 Å². The Labute approximate surface area is 113 Å². The van der Waals surface area contributed by atoms with E-state index in [1.165, 1.54) is 0 Å². The lowest BCUT2D eigenvalue weighted by Gasteiger charge is -2.33. The van der Waals surface area contributed by atoms with Gasteiger partial charge in [-0.15, -0.1) is 0 Å². The number of benzene rings is 1. The molecule has 0 spiro atoms. The lowest BCUT2D eigenvalue weighted by molar-refractivity contribution is 0.0634. The molecule has 0 saturated carbocycles. The van der Waals surface area contributed by atoms with E-state index < -0.39 is 11.6 Å². The van der Waals surface area contributed by atoms with Crippen LogP contribution in [0.15, 0.2) is 16.6 Å². The molecule has 1 aliphatic heterocycles. The summed E-state index contributed by atoms with van der Waals surface area (Å²) >= 11 is 3.11. The second kappa shape index (κ2) is 5.34. The van der Waals surface area contributed by atoms with Crippen LogP contribution >= 0.6 is 15.9 Å². The summed E-state index contributed by atoms with van der Waals surface area (Å²) in [5.41, 5.74) is 0.183. The summed E-state index contributed by atoms with van der Waals surface area (Å²) in [5, 5.41) is 0. The third-order valence-corrected chi connectivity index (χ3v) is 3.96. The van der Waals surface area contributed by atoms with Crippen molar-refractivity contribution >= 4 is 21.8 Å². The van der Waals surface area contributed by atoms with Crippen molar-refractivity contribution in [2.75, 3.05) is 6.54 Å². The van der Waals surface area contributed by atoms with Crippen LogP contribution < -0.4 is 0 Å². The summed E-state index contributed by atoms with van der Waals surface area (Å²) < 4.78 is 26.5. The van der Waals surface area contributed by atoms with Crippen molar-refractivity contribution < 1.29 is 13.6 Å². The summed E-state index contributed by atoms with van der Waals surface area (Å²) in [6.07, 6.45) is 3.01. The minimum Gasteiger partial charge on any atom is -0.336 e. The van der Waals surface area contributed by atoms with Crippen molar-refractivity contribution in [1.29, 1.82) is 0 Å². The Bertz CT molecular complexity index is 478. The fraction of sp³-hybridized carbons (Fsp3) is 0.462. The lowest BCUT2D eigenvalue weighted by atomic mass is 10.0. The van der Waals surface area contributed by atoms with E-state index in [-0.39, 0.29) is 17.5 Å². The zero-order chi connectivity index (χ0) is 13.3. The van der Waals surface area contributed by atoms with Crippen molar-refractivity contribution in [1.82, 2.24) is 4.90 Å². The Balaban J connectivity index is 2.30. The number of nitrogens with zero attached hydrogens (tertiary/aromatic N) is 1. The molecule has 1 aromatic carbocycles. The molecule has 1 atom stereocenters. The molecule has 0 radical (unpaired) electrons. The lowest BCUT2D eigenvalue weighted by Crippen LogP contribution is -2.42. The van der Waals surface area contributed by atoms with Crippen molar-refractivity contribution in [2.45, 2.75) is 32.2 Å². The molecule has 1 saturated heterocycles. The van der Waals surface area contributed by atoms with Gasteiger partial charge >= 0.3 is 0 Å². The van der Waals surface area contributed by atoms with Crippen LogP contribution in [-0.4, -0.2) is 23.4 Å². The van der Waals surface area contributed by atoms with Gasteiger partial charge in [0, 0.05) is 17.1 Å². The first kappa shape index (κ1) is 13.5. The molecular formula is C13H14BrF2NO. The maximum absolute atomic E-state index is 13.2. The molecule has 1 aromatic rings. The first-order valence-corrected chi connectivity index (χ1v) is 6.75. The Morgan fingerprint density at radius 1 is 1.33 bits per heavy atom. The summed E-state index contributed by atoms with van der Waals surface area (Å²) in [5.74, 6) is -2.19. The molecule has 18 heavy (non-hydrogen) atoms. The first-order valence-electron chi connectivity index (χ1n) is 5.96. The molecular weight excluding hydrogens is 304 g/mol. The van der Waals surface area contributed by atoms with E-state index in [0.29, 0.717) is 11.0 Å². The number of likely N-dealkylation sites (tertiary alicyclic amines) is 1. The van der Waals surface area contributed by atoms with E-state index in [1.807, 2.05) is 6.92 Å². The molecule has 2 nitrogen and oxygen atoms in total. The van der Waals surface area contributed by atoms with Gasteiger partial charge in [-0.3, -0.25) is 4.79 Å². The molecule has 1 unspecified atom stereocenters. The maximum atomic E-state index is 13.2. The molecule has 0 N–H and O–H groups in total. The van der Waals surface area contributed by atoms with Gasteiger partial charge in [0.15, 0.2) is 11.6 Å². The van der Waals surface area contributed by atoms with Crippen molar-refractivity contribution in [2.24, 2.45) is 0 Å². The number of carbonyl (C=O) groups excluding carboxylic acids is 1. The second-order valence-corrected chi connectivity index (χ2v) is 5.44. The highest BCUT2D eigenvalue weighted by Gasteiger charge is 2.26. The number of hydrogen-bond acceptors (Lipinski definition) is 1. The zero-order valence-electron chi connectivity index (χ0n) is 10.0. The second-order valence-electron chi connectivity index (χ2n) is 4.59. The van der Waals surface area contributed by atoms with Gasteiger partial charge in [0.25, 0.3) is 5.91 Å². The SMILES string of the molecule is CC1CCCCN1C(=O)c1cc(F)c(F)cc1Br. The average Bonchev–Trinajstić information content (AvgIpc) is 2.33. The van der Waals surface area contributed by atoms with Crippen LogP contribution in [0.4, 0.5) is 8.78 Å². The number of halogens is 3. The van der Waals surface area contributed by atoms with Crippen LogP contribution in [0.5, 0.6) is 0 Å². The summed E-state index contributed by atoms with van der Waals surface area (Å²) in [6, 6.07) is 2.10. The third kappa shape index (κ3) is 2.55. The molecule has 1 aliphatic rings. The number of piperidine rings is 1. The largest absolute Gasteiger partial charge is 0.336 e. The number of hydrogen-bond donors (Lipinski definition) is 0. The number of rotatable bonds is 1. The Hall–Kier alpha value is -0.970. The van der Waals surface area contributed by atoms with E-state index in [1.54, 1.807) is 4.90 Å². The molecule has 5 heteroatoms. The Kier molecular flexibility index (Phi) is 4.00. The molecule has 1 heterocycles. The molecule has 0 aromatic heterocycles. The Morgan fingerprint density at radius 2 is 2.00 bits per heavy atom. The molecule has 2 rings (SSSR count). The van der Waals surface area contributed by atoms with Gasteiger partial charge in [0.05, 0.1) is 5.56 Å². The normalized spacial score (nSPS) is 20.0. The molecule has 0 aliphatic carbocycles. The van der Waals surface area contributed by atoms with Crippen molar-refractivity contribution in [3.63, 3.8) is 0 Å². The van der Waals surface area contributed by atoms with Gasteiger partial charge in [-0.1, -0.05) is 0 Å². The van der Waals surface area contributed by atoms with E-state index >= 15 is 0 Å². The predicted octanol–water partition coefficient (Wildman–Crippen LogP) is 3.74. The van der Waals surface area contributed by atoms with Gasteiger partial charge in [0.1, 0.15) is 0 Å². The fourth-order valence-corrected chi connectivity index (χ4v) is 2.73. The van der Waals surface area contributed by atoms with Crippen LogP contribution in [0.2, 0.25) is 0 Å². The van der Waals surface area contributed by atoms with E-state index in [2.05, 4.69) is 15.9 Å². The van der Waals surface area contributed by atoms with E-state index in [4.69, 9.17) is 0 Å². The van der Waals surface area contributed by atoms with Gasteiger partial charge in [-0.05, 0) is 54.2 Å². The Morgan fingerprint density at radius 3 is 2.67 bits per heavy atom. The number of amides is 1. The monoisotopic (exact) mass is 317 g/mol.